The highest BCUT2D eigenvalue weighted by Gasteiger charge is 2.35. The highest BCUT2D eigenvalue weighted by molar-refractivity contribution is 6.04. The van der Waals surface area contributed by atoms with Gasteiger partial charge in [-0.25, -0.2) is 0 Å². The van der Waals surface area contributed by atoms with Crippen molar-refractivity contribution in [2.75, 3.05) is 11.4 Å². The van der Waals surface area contributed by atoms with Gasteiger partial charge in [0.1, 0.15) is 11.7 Å². The Morgan fingerprint density at radius 3 is 2.79 bits per heavy atom. The molecule has 0 spiro atoms. The Hall–Kier alpha value is -2.51. The van der Waals surface area contributed by atoms with Gasteiger partial charge in [0.25, 0.3) is 0 Å². The van der Waals surface area contributed by atoms with Gasteiger partial charge in [-0.15, -0.1) is 0 Å². The largest absolute Gasteiger partial charge is 0.345 e. The van der Waals surface area contributed by atoms with Crippen LogP contribution in [0.25, 0.3) is 0 Å². The fraction of sp³-hybridized carbons (Fsp3) is 0.273. The van der Waals surface area contributed by atoms with Crippen LogP contribution in [-0.4, -0.2) is 29.3 Å². The zero-order valence-electron chi connectivity index (χ0n) is 9.92. The lowest BCUT2D eigenvalue weighted by Gasteiger charge is -2.33. The number of halogens is 1. The fourth-order valence-corrected chi connectivity index (χ4v) is 1.92. The van der Waals surface area contributed by atoms with Gasteiger partial charge < -0.3 is 4.90 Å². The Morgan fingerprint density at radius 2 is 2.16 bits per heavy atom. The molecule has 2 rings (SSSR count). The Balaban J connectivity index is 2.52. The second kappa shape index (κ2) is 4.63. The number of carbonyl (C=O) groups is 2. The van der Waals surface area contributed by atoms with E-state index in [0.717, 1.165) is 6.07 Å². The zero-order chi connectivity index (χ0) is 14.2. The van der Waals surface area contributed by atoms with Gasteiger partial charge in [-0.3, -0.25) is 25.0 Å². The lowest BCUT2D eigenvalue weighted by atomic mass is 10.1. The minimum atomic E-state index is -1.01. The summed E-state index contributed by atoms with van der Waals surface area (Å²) in [5.41, 5.74) is -0.822. The molecule has 0 aliphatic carbocycles. The van der Waals surface area contributed by atoms with Crippen molar-refractivity contribution in [2.45, 2.75) is 13.0 Å². The summed E-state index contributed by atoms with van der Waals surface area (Å²) in [5, 5.41) is 13.0. The van der Waals surface area contributed by atoms with Gasteiger partial charge in [0.05, 0.1) is 11.5 Å². The third-order valence-corrected chi connectivity index (χ3v) is 2.88. The summed E-state index contributed by atoms with van der Waals surface area (Å²) in [6, 6.07) is 2.77. The average Bonchev–Trinajstić information content (AvgIpc) is 2.33. The Bertz CT molecular complexity index is 575. The number of hydrogen-bond acceptors (Lipinski definition) is 5. The van der Waals surface area contributed by atoms with Crippen molar-refractivity contribution in [3.8, 4) is 0 Å². The molecule has 1 unspecified atom stereocenters. The summed E-state index contributed by atoms with van der Waals surface area (Å²) in [4.78, 5) is 34.1. The number of nitrogens with one attached hydrogen (secondary N) is 1. The molecule has 0 aromatic heterocycles. The van der Waals surface area contributed by atoms with Crippen LogP contribution in [0.4, 0.5) is 15.8 Å². The standard InChI is InChI=1S/C11H10FN3O4/c1-6-11(17)13-9(16)5-14(6)8-4-2-3-7(12)10(8)15(18)19/h2-4,6H,5H2,1H3,(H,13,16,17). The first-order chi connectivity index (χ1) is 8.91. The van der Waals surface area contributed by atoms with E-state index in [9.17, 15) is 24.1 Å². The molecule has 1 aliphatic rings. The lowest BCUT2D eigenvalue weighted by Crippen LogP contribution is -2.57. The van der Waals surface area contributed by atoms with E-state index in [0.29, 0.717) is 0 Å². The molecule has 1 aromatic carbocycles. The summed E-state index contributed by atoms with van der Waals surface area (Å²) in [6.45, 7) is 1.24. The quantitative estimate of drug-likeness (QED) is 0.481. The van der Waals surface area contributed by atoms with Crippen molar-refractivity contribution in [3.63, 3.8) is 0 Å². The number of carbonyl (C=O) groups excluding carboxylic acids is 2. The molecule has 1 aromatic rings. The fourth-order valence-electron chi connectivity index (χ4n) is 1.92. The maximum atomic E-state index is 13.5. The van der Waals surface area contributed by atoms with Crippen LogP contribution in [0.1, 0.15) is 6.92 Å². The molecule has 7 nitrogen and oxygen atoms in total. The maximum Gasteiger partial charge on any atom is 0.327 e. The number of benzene rings is 1. The molecular weight excluding hydrogens is 257 g/mol. The molecule has 1 fully saturated rings. The van der Waals surface area contributed by atoms with Crippen molar-refractivity contribution in [1.82, 2.24) is 5.32 Å². The minimum absolute atomic E-state index is 0.0827. The number of para-hydroxylation sites is 1. The maximum absolute atomic E-state index is 13.5. The van der Waals surface area contributed by atoms with Gasteiger partial charge in [0.15, 0.2) is 0 Å². The van der Waals surface area contributed by atoms with Crippen LogP contribution in [-0.2, 0) is 9.59 Å². The number of nitro groups is 1. The molecule has 19 heavy (non-hydrogen) atoms. The van der Waals surface area contributed by atoms with Gasteiger partial charge in [0.2, 0.25) is 17.6 Å². The van der Waals surface area contributed by atoms with Gasteiger partial charge >= 0.3 is 5.69 Å². The second-order valence-corrected chi connectivity index (χ2v) is 4.08. The number of nitrogens with zero attached hydrogens (tertiary/aromatic N) is 2. The van der Waals surface area contributed by atoms with Gasteiger partial charge in [-0.2, -0.15) is 4.39 Å². The molecule has 1 saturated heterocycles. The van der Waals surface area contributed by atoms with Crippen LogP contribution >= 0.6 is 0 Å². The third-order valence-electron chi connectivity index (χ3n) is 2.88. The highest BCUT2D eigenvalue weighted by atomic mass is 19.1. The Kier molecular flexibility index (Phi) is 3.16. The number of rotatable bonds is 2. The average molecular weight is 267 g/mol. The van der Waals surface area contributed by atoms with Crippen molar-refractivity contribution < 1.29 is 18.9 Å². The summed E-state index contributed by atoms with van der Waals surface area (Å²) in [5.74, 6) is -2.16. The van der Waals surface area contributed by atoms with Crippen LogP contribution in [0.15, 0.2) is 18.2 Å². The van der Waals surface area contributed by atoms with Crippen LogP contribution in [0.3, 0.4) is 0 Å². The van der Waals surface area contributed by atoms with E-state index in [1.54, 1.807) is 0 Å². The predicted molar refractivity (Wildman–Crippen MR) is 63.0 cm³/mol. The monoisotopic (exact) mass is 267 g/mol. The topological polar surface area (TPSA) is 92.6 Å². The van der Waals surface area contributed by atoms with E-state index >= 15 is 0 Å². The van der Waals surface area contributed by atoms with Gasteiger partial charge in [-0.05, 0) is 19.1 Å². The minimum Gasteiger partial charge on any atom is -0.345 e. The summed E-state index contributed by atoms with van der Waals surface area (Å²) in [7, 11) is 0. The smallest absolute Gasteiger partial charge is 0.327 e. The normalized spacial score (nSPS) is 19.3. The zero-order valence-corrected chi connectivity index (χ0v) is 9.92. The SMILES string of the molecule is CC1C(=O)NC(=O)CN1c1cccc(F)c1[N+](=O)[O-]. The summed E-state index contributed by atoms with van der Waals surface area (Å²) < 4.78 is 13.5. The van der Waals surface area contributed by atoms with Crippen LogP contribution < -0.4 is 10.2 Å². The van der Waals surface area contributed by atoms with Crippen molar-refractivity contribution >= 4 is 23.2 Å². The lowest BCUT2D eigenvalue weighted by molar-refractivity contribution is -0.386. The van der Waals surface area contributed by atoms with Gasteiger partial charge in [-0.1, -0.05) is 6.07 Å². The number of nitro benzene ring substituents is 1. The van der Waals surface area contributed by atoms with E-state index in [1.807, 2.05) is 0 Å². The molecule has 1 aliphatic heterocycles. The van der Waals surface area contributed by atoms with Crippen LogP contribution in [0.5, 0.6) is 0 Å². The summed E-state index contributed by atoms with van der Waals surface area (Å²) in [6.07, 6.45) is 0. The van der Waals surface area contributed by atoms with Crippen molar-refractivity contribution in [3.05, 3.63) is 34.1 Å². The Morgan fingerprint density at radius 1 is 1.47 bits per heavy atom. The molecule has 8 heteroatoms. The van der Waals surface area contributed by atoms with E-state index in [2.05, 4.69) is 5.32 Å². The molecule has 1 N–H and O–H groups in total. The van der Waals surface area contributed by atoms with Gasteiger partial charge in [0, 0.05) is 0 Å². The first-order valence-corrected chi connectivity index (χ1v) is 5.45. The first-order valence-electron chi connectivity index (χ1n) is 5.45. The number of imide groups is 1. The number of amides is 2. The van der Waals surface area contributed by atoms with E-state index in [1.165, 1.54) is 24.0 Å². The molecular formula is C11H10FN3O4. The van der Waals surface area contributed by atoms with Crippen LogP contribution in [0.2, 0.25) is 0 Å². The van der Waals surface area contributed by atoms with E-state index < -0.39 is 34.3 Å². The molecule has 0 radical (unpaired) electrons. The molecule has 2 amide bonds. The van der Waals surface area contributed by atoms with Crippen molar-refractivity contribution in [2.24, 2.45) is 0 Å². The number of hydrogen-bond donors (Lipinski definition) is 1. The number of anilines is 1. The first kappa shape index (κ1) is 12.9. The summed E-state index contributed by atoms with van der Waals surface area (Å²) >= 11 is 0. The number of piperazine rings is 1. The molecule has 0 bridgehead atoms. The molecule has 1 heterocycles. The predicted octanol–water partition coefficient (Wildman–Crippen LogP) is 0.585. The van der Waals surface area contributed by atoms with Crippen LogP contribution in [0, 0.1) is 15.9 Å². The van der Waals surface area contributed by atoms with E-state index in [-0.39, 0.29) is 12.2 Å². The third kappa shape index (κ3) is 2.24. The molecule has 1 atom stereocenters. The Labute approximate surface area is 107 Å². The van der Waals surface area contributed by atoms with E-state index in [4.69, 9.17) is 0 Å². The van der Waals surface area contributed by atoms with Crippen molar-refractivity contribution in [1.29, 1.82) is 0 Å². The molecule has 0 saturated carbocycles. The highest BCUT2D eigenvalue weighted by Crippen LogP contribution is 2.32. The molecule has 100 valence electrons. The second-order valence-electron chi connectivity index (χ2n) is 4.08.